The fourth-order valence-electron chi connectivity index (χ4n) is 2.13. The molecule has 0 radical (unpaired) electrons. The summed E-state index contributed by atoms with van der Waals surface area (Å²) in [5.74, 6) is 0. The Morgan fingerprint density at radius 1 is 1.42 bits per heavy atom. The molecule has 1 aromatic heterocycles. The summed E-state index contributed by atoms with van der Waals surface area (Å²) in [6.45, 7) is 8.72. The Morgan fingerprint density at radius 3 is 2.68 bits per heavy atom. The van der Waals surface area contributed by atoms with Crippen molar-refractivity contribution in [1.82, 2.24) is 15.1 Å². The van der Waals surface area contributed by atoms with Crippen molar-refractivity contribution in [2.45, 2.75) is 46.1 Å². The van der Waals surface area contributed by atoms with E-state index in [-0.39, 0.29) is 0 Å². The van der Waals surface area contributed by atoms with Gasteiger partial charge in [-0.1, -0.05) is 18.5 Å². The van der Waals surface area contributed by atoms with Gasteiger partial charge in [0.05, 0.1) is 16.4 Å². The van der Waals surface area contributed by atoms with E-state index in [2.05, 4.69) is 17.3 Å². The Labute approximate surface area is 121 Å². The number of hydrogen-bond donors (Lipinski definition) is 1. The van der Waals surface area contributed by atoms with Gasteiger partial charge in [-0.3, -0.25) is 4.68 Å². The average Bonchev–Trinajstić information content (AvgIpc) is 2.62. The molecule has 0 bridgehead atoms. The predicted octanol–water partition coefficient (Wildman–Crippen LogP) is 2.72. The van der Waals surface area contributed by atoms with Crippen LogP contribution in [-0.4, -0.2) is 35.6 Å². The second kappa shape index (κ2) is 8.56. The van der Waals surface area contributed by atoms with Crippen molar-refractivity contribution in [1.29, 1.82) is 0 Å². The van der Waals surface area contributed by atoms with E-state index in [1.54, 1.807) is 0 Å². The van der Waals surface area contributed by atoms with Crippen LogP contribution in [0.15, 0.2) is 0 Å². The number of ether oxygens (including phenoxy) is 1. The quantitative estimate of drug-likeness (QED) is 0.710. The first-order chi connectivity index (χ1) is 9.10. The Hall–Kier alpha value is -0.580. The van der Waals surface area contributed by atoms with Gasteiger partial charge < -0.3 is 10.1 Å². The summed E-state index contributed by atoms with van der Waals surface area (Å²) >= 11 is 6.31. The van der Waals surface area contributed by atoms with E-state index in [0.717, 1.165) is 55.4 Å². The summed E-state index contributed by atoms with van der Waals surface area (Å²) in [5, 5.41) is 8.72. The van der Waals surface area contributed by atoms with Crippen LogP contribution >= 0.6 is 11.6 Å². The molecule has 110 valence electrons. The van der Waals surface area contributed by atoms with Gasteiger partial charge in [0.25, 0.3) is 0 Å². The van der Waals surface area contributed by atoms with Crippen LogP contribution in [0.25, 0.3) is 0 Å². The monoisotopic (exact) mass is 287 g/mol. The predicted molar refractivity (Wildman–Crippen MR) is 79.9 cm³/mol. The first-order valence-corrected chi connectivity index (χ1v) is 7.47. The second-order valence-corrected chi connectivity index (χ2v) is 5.19. The van der Waals surface area contributed by atoms with E-state index < -0.39 is 0 Å². The Morgan fingerprint density at radius 2 is 2.16 bits per heavy atom. The zero-order valence-electron chi connectivity index (χ0n) is 12.5. The minimum absolute atomic E-state index is 0.388. The number of nitrogens with one attached hydrogen (secondary N) is 1. The Bertz CT molecular complexity index is 379. The van der Waals surface area contributed by atoms with Gasteiger partial charge in [-0.05, 0) is 33.2 Å². The van der Waals surface area contributed by atoms with Crippen molar-refractivity contribution >= 4 is 11.6 Å². The van der Waals surface area contributed by atoms with Gasteiger partial charge in [0.2, 0.25) is 0 Å². The lowest BCUT2D eigenvalue weighted by atomic mass is 10.1. The summed E-state index contributed by atoms with van der Waals surface area (Å²) < 4.78 is 7.34. The topological polar surface area (TPSA) is 39.1 Å². The molecule has 4 nitrogen and oxygen atoms in total. The molecule has 1 rings (SSSR count). The van der Waals surface area contributed by atoms with E-state index in [0.29, 0.717) is 6.04 Å². The summed E-state index contributed by atoms with van der Waals surface area (Å²) in [6, 6.07) is 0.388. The second-order valence-electron chi connectivity index (χ2n) is 4.81. The molecule has 1 heterocycles. The molecule has 5 heteroatoms. The van der Waals surface area contributed by atoms with Crippen LogP contribution in [0.5, 0.6) is 0 Å². The minimum atomic E-state index is 0.388. The van der Waals surface area contributed by atoms with E-state index in [9.17, 15) is 0 Å². The molecule has 0 saturated heterocycles. The highest BCUT2D eigenvalue weighted by Crippen LogP contribution is 2.21. The van der Waals surface area contributed by atoms with Crippen LogP contribution < -0.4 is 5.32 Å². The molecule has 0 amide bonds. The molecule has 0 aliphatic rings. The van der Waals surface area contributed by atoms with Crippen LogP contribution in [-0.2, 0) is 18.2 Å². The van der Waals surface area contributed by atoms with Gasteiger partial charge >= 0.3 is 0 Å². The molecular formula is C14H26ClN3O. The molecule has 0 aliphatic carbocycles. The highest BCUT2D eigenvalue weighted by atomic mass is 35.5. The molecule has 19 heavy (non-hydrogen) atoms. The van der Waals surface area contributed by atoms with E-state index >= 15 is 0 Å². The molecule has 1 unspecified atom stereocenters. The molecule has 1 atom stereocenters. The van der Waals surface area contributed by atoms with Crippen molar-refractivity contribution in [3.8, 4) is 0 Å². The molecule has 0 saturated carbocycles. The van der Waals surface area contributed by atoms with Crippen LogP contribution in [0.4, 0.5) is 0 Å². The third kappa shape index (κ3) is 5.13. The zero-order chi connectivity index (χ0) is 14.3. The molecule has 1 aromatic rings. The van der Waals surface area contributed by atoms with Gasteiger partial charge in [-0.15, -0.1) is 0 Å². The fraction of sp³-hybridized carbons (Fsp3) is 0.786. The lowest BCUT2D eigenvalue weighted by Gasteiger charge is -2.18. The van der Waals surface area contributed by atoms with Crippen LogP contribution in [0, 0.1) is 6.92 Å². The van der Waals surface area contributed by atoms with Gasteiger partial charge in [0.1, 0.15) is 0 Å². The molecule has 0 fully saturated rings. The van der Waals surface area contributed by atoms with Gasteiger partial charge in [0, 0.05) is 32.7 Å². The molecule has 0 aromatic carbocycles. The first-order valence-electron chi connectivity index (χ1n) is 7.09. The van der Waals surface area contributed by atoms with Gasteiger partial charge in [-0.25, -0.2) is 0 Å². The van der Waals surface area contributed by atoms with Crippen molar-refractivity contribution in [3.63, 3.8) is 0 Å². The summed E-state index contributed by atoms with van der Waals surface area (Å²) in [6.07, 6.45) is 3.01. The average molecular weight is 288 g/mol. The molecule has 0 spiro atoms. The summed E-state index contributed by atoms with van der Waals surface area (Å²) in [4.78, 5) is 0. The number of aryl methyl sites for hydroxylation is 2. The minimum Gasteiger partial charge on any atom is -0.382 e. The highest BCUT2D eigenvalue weighted by molar-refractivity contribution is 6.31. The molecular weight excluding hydrogens is 262 g/mol. The third-order valence-corrected chi connectivity index (χ3v) is 3.69. The van der Waals surface area contributed by atoms with E-state index in [1.165, 1.54) is 0 Å². The lowest BCUT2D eigenvalue weighted by molar-refractivity contribution is 0.136. The van der Waals surface area contributed by atoms with E-state index in [1.807, 2.05) is 25.6 Å². The van der Waals surface area contributed by atoms with Gasteiger partial charge in [0.15, 0.2) is 0 Å². The van der Waals surface area contributed by atoms with Crippen LogP contribution in [0.2, 0.25) is 5.02 Å². The fourth-order valence-corrected chi connectivity index (χ4v) is 2.37. The smallest absolute Gasteiger partial charge is 0.0847 e. The normalized spacial score (nSPS) is 12.9. The molecule has 1 N–H and O–H groups in total. The van der Waals surface area contributed by atoms with Crippen molar-refractivity contribution in [2.24, 2.45) is 7.05 Å². The maximum atomic E-state index is 6.31. The number of rotatable bonds is 9. The number of hydrogen-bond acceptors (Lipinski definition) is 3. The highest BCUT2D eigenvalue weighted by Gasteiger charge is 2.16. The van der Waals surface area contributed by atoms with Crippen molar-refractivity contribution in [3.05, 3.63) is 16.4 Å². The first kappa shape index (κ1) is 16.5. The zero-order valence-corrected chi connectivity index (χ0v) is 13.3. The summed E-state index contributed by atoms with van der Waals surface area (Å²) in [5.41, 5.74) is 2.00. The van der Waals surface area contributed by atoms with Crippen LogP contribution in [0.1, 0.15) is 38.1 Å². The SMILES string of the molecule is CCCNC(CCOCC)Cc1c(Cl)c(C)nn1C. The van der Waals surface area contributed by atoms with Crippen molar-refractivity contribution in [2.75, 3.05) is 19.8 Å². The maximum Gasteiger partial charge on any atom is 0.0847 e. The van der Waals surface area contributed by atoms with E-state index in [4.69, 9.17) is 16.3 Å². The Kier molecular flexibility index (Phi) is 7.42. The number of nitrogens with zero attached hydrogens (tertiary/aromatic N) is 2. The van der Waals surface area contributed by atoms with Gasteiger partial charge in [-0.2, -0.15) is 5.10 Å². The van der Waals surface area contributed by atoms with Crippen LogP contribution in [0.3, 0.4) is 0 Å². The van der Waals surface area contributed by atoms with Crippen molar-refractivity contribution < 1.29 is 4.74 Å². The Balaban J connectivity index is 2.64. The largest absolute Gasteiger partial charge is 0.382 e. The number of aromatic nitrogens is 2. The third-order valence-electron chi connectivity index (χ3n) is 3.20. The standard InChI is InChI=1S/C14H26ClN3O/c1-5-8-16-12(7-9-19-6-2)10-13-14(15)11(3)17-18(13)4/h12,16H,5-10H2,1-4H3. The molecule has 0 aliphatic heterocycles. The lowest BCUT2D eigenvalue weighted by Crippen LogP contribution is -2.33. The summed E-state index contributed by atoms with van der Waals surface area (Å²) in [7, 11) is 1.95. The maximum absolute atomic E-state index is 6.31. The number of halogens is 1.